The minimum absolute atomic E-state index is 0.1000. The second-order valence-corrected chi connectivity index (χ2v) is 5.45. The van der Waals surface area contributed by atoms with Gasteiger partial charge in [-0.05, 0) is 26.0 Å². The van der Waals surface area contributed by atoms with Crippen molar-refractivity contribution in [3.63, 3.8) is 0 Å². The minimum Gasteiger partial charge on any atom is -0.455 e. The number of hydrogen-bond acceptors (Lipinski definition) is 4. The largest absolute Gasteiger partial charge is 0.455 e. The highest BCUT2D eigenvalue weighted by atomic mass is 32.2. The lowest BCUT2D eigenvalue weighted by atomic mass is 10.3. The predicted octanol–water partition coefficient (Wildman–Crippen LogP) is 2.44. The van der Waals surface area contributed by atoms with Gasteiger partial charge in [-0.2, -0.15) is 0 Å². The first kappa shape index (κ1) is 13.7. The summed E-state index contributed by atoms with van der Waals surface area (Å²) < 4.78 is 7.46. The number of furan rings is 1. The molecule has 0 saturated carbocycles. The van der Waals surface area contributed by atoms with Crippen LogP contribution in [0.15, 0.2) is 34.1 Å². The van der Waals surface area contributed by atoms with E-state index >= 15 is 0 Å². The molecule has 0 atom stereocenters. The van der Waals surface area contributed by atoms with Gasteiger partial charge >= 0.3 is 0 Å². The first-order valence-electron chi connectivity index (χ1n) is 6.06. The Kier molecular flexibility index (Phi) is 4.31. The Balaban J connectivity index is 1.94. The van der Waals surface area contributed by atoms with E-state index in [1.807, 2.05) is 37.7 Å². The van der Waals surface area contributed by atoms with Crippen molar-refractivity contribution in [3.05, 3.63) is 36.0 Å². The summed E-state index contributed by atoms with van der Waals surface area (Å²) in [5.74, 6) is 1.59. The fourth-order valence-electron chi connectivity index (χ4n) is 1.54. The maximum Gasteiger partial charge on any atom is 0.287 e. The molecule has 0 aliphatic rings. The molecule has 6 heteroatoms. The van der Waals surface area contributed by atoms with Gasteiger partial charge in [0.25, 0.3) is 5.91 Å². The van der Waals surface area contributed by atoms with Gasteiger partial charge in [0.15, 0.2) is 10.9 Å². The van der Waals surface area contributed by atoms with Gasteiger partial charge in [0.05, 0.1) is 5.75 Å². The fourth-order valence-corrected chi connectivity index (χ4v) is 2.36. The van der Waals surface area contributed by atoms with Crippen molar-refractivity contribution in [1.82, 2.24) is 14.9 Å². The average molecular weight is 279 g/mol. The second-order valence-electron chi connectivity index (χ2n) is 4.50. The molecule has 1 amide bonds. The fraction of sp³-hybridized carbons (Fsp3) is 0.385. The van der Waals surface area contributed by atoms with E-state index in [9.17, 15) is 4.79 Å². The van der Waals surface area contributed by atoms with Crippen LogP contribution < -0.4 is 5.32 Å². The molecule has 2 aromatic heterocycles. The summed E-state index contributed by atoms with van der Waals surface area (Å²) in [5, 5.41) is 3.72. The van der Waals surface area contributed by atoms with Crippen molar-refractivity contribution in [2.45, 2.75) is 30.8 Å². The molecule has 0 fully saturated rings. The topological polar surface area (TPSA) is 60.1 Å². The van der Waals surface area contributed by atoms with Crippen LogP contribution in [0.25, 0.3) is 0 Å². The number of nitrogens with one attached hydrogen (secondary N) is 1. The smallest absolute Gasteiger partial charge is 0.287 e. The standard InChI is InChI=1S/C13H17N3O2S/c1-9(2)15-12(17)11-5-4-10(18-11)8-19-13-14-6-7-16(13)3/h4-7,9H,8H2,1-3H3,(H,15,17). The molecule has 2 rings (SSSR count). The Morgan fingerprint density at radius 2 is 2.32 bits per heavy atom. The van der Waals surface area contributed by atoms with Crippen LogP contribution in [-0.2, 0) is 12.8 Å². The molecule has 0 saturated heterocycles. The van der Waals surface area contributed by atoms with E-state index in [1.165, 1.54) is 0 Å². The van der Waals surface area contributed by atoms with Crippen molar-refractivity contribution in [2.24, 2.45) is 7.05 Å². The van der Waals surface area contributed by atoms with Crippen molar-refractivity contribution >= 4 is 17.7 Å². The van der Waals surface area contributed by atoms with Crippen molar-refractivity contribution in [2.75, 3.05) is 0 Å². The van der Waals surface area contributed by atoms with Crippen LogP contribution in [0.5, 0.6) is 0 Å². The highest BCUT2D eigenvalue weighted by Crippen LogP contribution is 2.21. The van der Waals surface area contributed by atoms with Crippen LogP contribution in [-0.4, -0.2) is 21.5 Å². The third kappa shape index (κ3) is 3.64. The second kappa shape index (κ2) is 5.97. The van der Waals surface area contributed by atoms with Gasteiger partial charge in [0.2, 0.25) is 0 Å². The molecular formula is C13H17N3O2S. The summed E-state index contributed by atoms with van der Waals surface area (Å²) in [6, 6.07) is 3.63. The van der Waals surface area contributed by atoms with E-state index in [2.05, 4.69) is 10.3 Å². The normalized spacial score (nSPS) is 10.9. The molecule has 0 bridgehead atoms. The third-order valence-electron chi connectivity index (χ3n) is 2.43. The zero-order valence-corrected chi connectivity index (χ0v) is 12.0. The van der Waals surface area contributed by atoms with Crippen LogP contribution >= 0.6 is 11.8 Å². The molecule has 0 aliphatic carbocycles. The molecule has 19 heavy (non-hydrogen) atoms. The summed E-state index contributed by atoms with van der Waals surface area (Å²) in [7, 11) is 1.94. The number of amides is 1. The van der Waals surface area contributed by atoms with Crippen LogP contribution in [0.4, 0.5) is 0 Å². The van der Waals surface area contributed by atoms with E-state index in [0.29, 0.717) is 11.5 Å². The molecule has 0 spiro atoms. The van der Waals surface area contributed by atoms with Crippen LogP contribution in [0, 0.1) is 0 Å². The van der Waals surface area contributed by atoms with Crippen molar-refractivity contribution < 1.29 is 9.21 Å². The number of nitrogens with zero attached hydrogens (tertiary/aromatic N) is 2. The summed E-state index contributed by atoms with van der Waals surface area (Å²) >= 11 is 1.57. The lowest BCUT2D eigenvalue weighted by molar-refractivity contribution is 0.0914. The maximum absolute atomic E-state index is 11.7. The van der Waals surface area contributed by atoms with E-state index in [1.54, 1.807) is 24.0 Å². The van der Waals surface area contributed by atoms with Crippen LogP contribution in [0.1, 0.15) is 30.2 Å². The summed E-state index contributed by atoms with van der Waals surface area (Å²) in [6.45, 7) is 3.83. The highest BCUT2D eigenvalue weighted by molar-refractivity contribution is 7.98. The number of thioether (sulfide) groups is 1. The molecule has 0 aromatic carbocycles. The lowest BCUT2D eigenvalue weighted by Crippen LogP contribution is -2.29. The first-order chi connectivity index (χ1) is 9.06. The zero-order chi connectivity index (χ0) is 13.8. The Hall–Kier alpha value is -1.69. The van der Waals surface area contributed by atoms with Crippen molar-refractivity contribution in [1.29, 1.82) is 0 Å². The van der Waals surface area contributed by atoms with Gasteiger partial charge in [-0.3, -0.25) is 4.79 Å². The van der Waals surface area contributed by atoms with Gasteiger partial charge in [-0.15, -0.1) is 0 Å². The zero-order valence-electron chi connectivity index (χ0n) is 11.2. The van der Waals surface area contributed by atoms with E-state index in [0.717, 1.165) is 10.9 Å². The molecule has 5 nitrogen and oxygen atoms in total. The SMILES string of the molecule is CC(C)NC(=O)c1ccc(CSc2nccn2C)o1. The maximum atomic E-state index is 11.7. The van der Waals surface area contributed by atoms with E-state index in [4.69, 9.17) is 4.42 Å². The number of aromatic nitrogens is 2. The Labute approximate surface area is 116 Å². The van der Waals surface area contributed by atoms with Gasteiger partial charge in [0, 0.05) is 25.5 Å². The average Bonchev–Trinajstić information content (AvgIpc) is 2.94. The van der Waals surface area contributed by atoms with Gasteiger partial charge in [-0.25, -0.2) is 4.98 Å². The number of carbonyl (C=O) groups is 1. The highest BCUT2D eigenvalue weighted by Gasteiger charge is 2.12. The number of aryl methyl sites for hydroxylation is 1. The molecule has 0 radical (unpaired) electrons. The quantitative estimate of drug-likeness (QED) is 0.854. The first-order valence-corrected chi connectivity index (χ1v) is 7.04. The molecular weight excluding hydrogens is 262 g/mol. The Morgan fingerprint density at radius 3 is 2.95 bits per heavy atom. The number of rotatable bonds is 5. The monoisotopic (exact) mass is 279 g/mol. The molecule has 102 valence electrons. The molecule has 2 heterocycles. The number of carbonyl (C=O) groups excluding carboxylic acids is 1. The molecule has 0 aliphatic heterocycles. The predicted molar refractivity (Wildman–Crippen MR) is 74.1 cm³/mol. The Bertz CT molecular complexity index is 560. The summed E-state index contributed by atoms with van der Waals surface area (Å²) in [4.78, 5) is 15.9. The van der Waals surface area contributed by atoms with Crippen LogP contribution in [0.2, 0.25) is 0 Å². The van der Waals surface area contributed by atoms with Crippen molar-refractivity contribution in [3.8, 4) is 0 Å². The Morgan fingerprint density at radius 1 is 1.53 bits per heavy atom. The number of hydrogen-bond donors (Lipinski definition) is 1. The lowest BCUT2D eigenvalue weighted by Gasteiger charge is -2.05. The summed E-state index contributed by atoms with van der Waals surface area (Å²) in [5.41, 5.74) is 0. The third-order valence-corrected chi connectivity index (χ3v) is 3.51. The number of imidazole rings is 1. The minimum atomic E-state index is -0.178. The summed E-state index contributed by atoms with van der Waals surface area (Å²) in [6.07, 6.45) is 3.65. The molecule has 1 N–H and O–H groups in total. The van der Waals surface area contributed by atoms with E-state index in [-0.39, 0.29) is 11.9 Å². The van der Waals surface area contributed by atoms with Crippen LogP contribution in [0.3, 0.4) is 0 Å². The van der Waals surface area contributed by atoms with Gasteiger partial charge in [0.1, 0.15) is 5.76 Å². The van der Waals surface area contributed by atoms with Gasteiger partial charge in [-0.1, -0.05) is 11.8 Å². The van der Waals surface area contributed by atoms with E-state index < -0.39 is 0 Å². The molecule has 0 unspecified atom stereocenters. The van der Waals surface area contributed by atoms with Gasteiger partial charge < -0.3 is 14.3 Å². The molecule has 2 aromatic rings.